The van der Waals surface area contributed by atoms with Crippen LogP contribution in [0.2, 0.25) is 0 Å². The zero-order valence-corrected chi connectivity index (χ0v) is 17.4. The van der Waals surface area contributed by atoms with Gasteiger partial charge in [-0.2, -0.15) is 4.31 Å². The van der Waals surface area contributed by atoms with E-state index in [1.165, 1.54) is 52.8 Å². The maximum absolute atomic E-state index is 12.5. The molecule has 0 spiro atoms. The lowest BCUT2D eigenvalue weighted by atomic mass is 10.1. The van der Waals surface area contributed by atoms with Crippen LogP contribution in [0.5, 0.6) is 0 Å². The fraction of sp³-hybridized carbons (Fsp3) is 0.222. The monoisotopic (exact) mass is 436 g/mol. The van der Waals surface area contributed by atoms with Gasteiger partial charge in [-0.3, -0.25) is 20.2 Å². The number of sulfonamides is 1. The largest absolute Gasteiger partial charge is 0.332 e. The molecule has 0 saturated heterocycles. The van der Waals surface area contributed by atoms with Gasteiger partial charge in [0.2, 0.25) is 10.0 Å². The van der Waals surface area contributed by atoms with Crippen LogP contribution in [0.15, 0.2) is 53.4 Å². The minimum absolute atomic E-state index is 0.0764. The third-order valence-electron chi connectivity index (χ3n) is 4.03. The summed E-state index contributed by atoms with van der Waals surface area (Å²) in [5.41, 5.74) is -0.00238. The van der Waals surface area contributed by atoms with Gasteiger partial charge in [0.25, 0.3) is 11.6 Å². The van der Waals surface area contributed by atoms with Crippen LogP contribution in [0.3, 0.4) is 0 Å². The predicted molar refractivity (Wildman–Crippen MR) is 113 cm³/mol. The van der Waals surface area contributed by atoms with Gasteiger partial charge < -0.3 is 5.32 Å². The molecule has 0 atom stereocenters. The topological polar surface area (TPSA) is 122 Å². The number of anilines is 1. The van der Waals surface area contributed by atoms with Crippen molar-refractivity contribution in [1.82, 2.24) is 9.62 Å². The number of benzene rings is 2. The molecular weight excluding hydrogens is 416 g/mol. The normalized spacial score (nSPS) is 11.1. The van der Waals surface area contributed by atoms with Crippen LogP contribution in [0.25, 0.3) is 0 Å². The molecule has 9 nitrogen and oxygen atoms in total. The lowest BCUT2D eigenvalue weighted by molar-refractivity contribution is -0.385. The van der Waals surface area contributed by atoms with Crippen LogP contribution in [0.4, 0.5) is 11.4 Å². The molecule has 154 valence electrons. The van der Waals surface area contributed by atoms with Crippen LogP contribution >= 0.6 is 12.2 Å². The van der Waals surface area contributed by atoms with E-state index in [9.17, 15) is 23.3 Å². The van der Waals surface area contributed by atoms with Crippen LogP contribution in [-0.4, -0.2) is 41.8 Å². The van der Waals surface area contributed by atoms with Crippen LogP contribution in [0.1, 0.15) is 24.2 Å². The molecule has 11 heteroatoms. The average Bonchev–Trinajstić information content (AvgIpc) is 2.69. The number of hydrogen-bond acceptors (Lipinski definition) is 6. The number of nitrogens with one attached hydrogen (secondary N) is 2. The molecule has 0 fully saturated rings. The van der Waals surface area contributed by atoms with E-state index < -0.39 is 20.9 Å². The third kappa shape index (κ3) is 5.34. The molecule has 29 heavy (non-hydrogen) atoms. The zero-order valence-electron chi connectivity index (χ0n) is 15.8. The molecule has 0 aromatic heterocycles. The smallest absolute Gasteiger partial charge is 0.282 e. The van der Waals surface area contributed by atoms with Gasteiger partial charge in [-0.05, 0) is 42.5 Å². The molecule has 0 saturated carbocycles. The average molecular weight is 437 g/mol. The molecule has 0 aliphatic heterocycles. The first-order valence-corrected chi connectivity index (χ1v) is 10.5. The molecule has 2 aromatic carbocycles. The summed E-state index contributed by atoms with van der Waals surface area (Å²) in [6.07, 6.45) is 0. The number of nitrogens with zero attached hydrogens (tertiary/aromatic N) is 2. The van der Waals surface area contributed by atoms with Crippen molar-refractivity contribution in [2.24, 2.45) is 0 Å². The molecule has 0 radical (unpaired) electrons. The first kappa shape index (κ1) is 22.4. The Bertz CT molecular complexity index is 1020. The Labute approximate surface area is 173 Å². The van der Waals surface area contributed by atoms with Crippen molar-refractivity contribution in [1.29, 1.82) is 0 Å². The van der Waals surface area contributed by atoms with E-state index in [1.807, 2.05) is 0 Å². The zero-order chi connectivity index (χ0) is 21.6. The highest BCUT2D eigenvalue weighted by atomic mass is 32.2. The van der Waals surface area contributed by atoms with E-state index in [4.69, 9.17) is 12.2 Å². The molecule has 0 aliphatic carbocycles. The summed E-state index contributed by atoms with van der Waals surface area (Å²) in [5.74, 6) is -0.726. The third-order valence-corrected chi connectivity index (χ3v) is 6.30. The van der Waals surface area contributed by atoms with Gasteiger partial charge >= 0.3 is 0 Å². The molecule has 1 amide bonds. The number of thiocarbonyl (C=S) groups is 1. The summed E-state index contributed by atoms with van der Waals surface area (Å²) in [7, 11) is -3.58. The molecule has 0 unspecified atom stereocenters. The van der Waals surface area contributed by atoms with Gasteiger partial charge in [0.05, 0.1) is 9.82 Å². The second-order valence-corrected chi connectivity index (χ2v) is 8.14. The summed E-state index contributed by atoms with van der Waals surface area (Å²) in [4.78, 5) is 22.8. The maximum atomic E-state index is 12.5. The number of amides is 1. The van der Waals surface area contributed by atoms with Gasteiger partial charge in [0.1, 0.15) is 5.56 Å². The highest BCUT2D eigenvalue weighted by Crippen LogP contribution is 2.19. The number of carbonyl (C=O) groups excluding carboxylic acids is 1. The standard InChI is InChI=1S/C18H20N4O5S2/c1-3-21(4-2)29(26,27)14-11-9-13(10-12-14)19-18(28)20-17(23)15-7-5-6-8-16(15)22(24)25/h5-12H,3-4H2,1-2H3,(H2,19,20,23,28). The lowest BCUT2D eigenvalue weighted by Gasteiger charge is -2.18. The van der Waals surface area contributed by atoms with E-state index in [0.29, 0.717) is 18.8 Å². The molecule has 2 rings (SSSR count). The van der Waals surface area contributed by atoms with E-state index in [-0.39, 0.29) is 21.3 Å². The number of rotatable bonds is 7. The molecule has 0 bridgehead atoms. The first-order chi connectivity index (χ1) is 13.7. The van der Waals surface area contributed by atoms with E-state index in [2.05, 4.69) is 10.6 Å². The Kier molecular flexibility index (Phi) is 7.37. The lowest BCUT2D eigenvalue weighted by Crippen LogP contribution is -2.34. The van der Waals surface area contributed by atoms with Crippen molar-refractivity contribution in [3.05, 3.63) is 64.2 Å². The quantitative estimate of drug-likeness (QED) is 0.389. The number of nitro groups is 1. The van der Waals surface area contributed by atoms with Gasteiger partial charge in [-0.25, -0.2) is 8.42 Å². The highest BCUT2D eigenvalue weighted by Gasteiger charge is 2.22. The SMILES string of the molecule is CCN(CC)S(=O)(=O)c1ccc(NC(=S)NC(=O)c2ccccc2[N+](=O)[O-])cc1. The Balaban J connectivity index is 2.09. The first-order valence-electron chi connectivity index (χ1n) is 8.66. The minimum atomic E-state index is -3.58. The number of para-hydroxylation sites is 1. The van der Waals surface area contributed by atoms with Crippen molar-refractivity contribution < 1.29 is 18.1 Å². The van der Waals surface area contributed by atoms with E-state index in [1.54, 1.807) is 13.8 Å². The molecule has 2 N–H and O–H groups in total. The van der Waals surface area contributed by atoms with E-state index in [0.717, 1.165) is 0 Å². The fourth-order valence-electron chi connectivity index (χ4n) is 2.58. The van der Waals surface area contributed by atoms with Crippen LogP contribution in [0, 0.1) is 10.1 Å². The second-order valence-electron chi connectivity index (χ2n) is 5.80. The Morgan fingerprint density at radius 2 is 1.69 bits per heavy atom. The van der Waals surface area contributed by atoms with Gasteiger partial charge in [0, 0.05) is 24.8 Å². The maximum Gasteiger partial charge on any atom is 0.282 e. The van der Waals surface area contributed by atoms with Crippen molar-refractivity contribution in [2.75, 3.05) is 18.4 Å². The molecular formula is C18H20N4O5S2. The van der Waals surface area contributed by atoms with Crippen LogP contribution < -0.4 is 10.6 Å². The van der Waals surface area contributed by atoms with Crippen molar-refractivity contribution >= 4 is 44.6 Å². The van der Waals surface area contributed by atoms with Gasteiger partial charge in [-0.15, -0.1) is 0 Å². The fourth-order valence-corrected chi connectivity index (χ4v) is 4.25. The van der Waals surface area contributed by atoms with Gasteiger partial charge in [0.15, 0.2) is 5.11 Å². The summed E-state index contributed by atoms with van der Waals surface area (Å²) in [5, 5.41) is 16.1. The molecule has 0 aliphatic rings. The van der Waals surface area contributed by atoms with Crippen molar-refractivity contribution in [3.8, 4) is 0 Å². The number of carbonyl (C=O) groups is 1. The van der Waals surface area contributed by atoms with Crippen molar-refractivity contribution in [3.63, 3.8) is 0 Å². The molecule has 0 heterocycles. The van der Waals surface area contributed by atoms with Gasteiger partial charge in [-0.1, -0.05) is 26.0 Å². The second kappa shape index (κ2) is 9.54. The number of nitro benzene ring substituents is 1. The molecule has 2 aromatic rings. The van der Waals surface area contributed by atoms with Crippen molar-refractivity contribution in [2.45, 2.75) is 18.7 Å². The summed E-state index contributed by atoms with van der Waals surface area (Å²) >= 11 is 5.07. The Morgan fingerprint density at radius 1 is 1.10 bits per heavy atom. The summed E-state index contributed by atoms with van der Waals surface area (Å²) in [6.45, 7) is 4.24. The summed E-state index contributed by atoms with van der Waals surface area (Å²) in [6, 6.07) is 11.4. The van der Waals surface area contributed by atoms with Crippen LogP contribution in [-0.2, 0) is 10.0 Å². The van der Waals surface area contributed by atoms with E-state index >= 15 is 0 Å². The Morgan fingerprint density at radius 3 is 2.24 bits per heavy atom. The minimum Gasteiger partial charge on any atom is -0.332 e. The Hall–Kier alpha value is -2.89. The highest BCUT2D eigenvalue weighted by molar-refractivity contribution is 7.89. The summed E-state index contributed by atoms with van der Waals surface area (Å²) < 4.78 is 26.3. The predicted octanol–water partition coefficient (Wildman–Crippen LogP) is 2.75. The number of hydrogen-bond donors (Lipinski definition) is 2.